The Morgan fingerprint density at radius 2 is 2.47 bits per heavy atom. The number of carbonyl (C=O) groups is 1. The van der Waals surface area contributed by atoms with Gasteiger partial charge in [-0.15, -0.1) is 0 Å². The van der Waals surface area contributed by atoms with Gasteiger partial charge in [-0.05, 0) is 12.1 Å². The second-order valence-electron chi connectivity index (χ2n) is 4.29. The molecule has 19 heavy (non-hydrogen) atoms. The van der Waals surface area contributed by atoms with Crippen LogP contribution in [0.2, 0.25) is 0 Å². The van der Waals surface area contributed by atoms with Crippen molar-refractivity contribution < 1.29 is 14.3 Å². The number of rotatable bonds is 4. The minimum Gasteiger partial charge on any atom is -0.497 e. The molecule has 0 radical (unpaired) electrons. The van der Waals surface area contributed by atoms with Gasteiger partial charge < -0.3 is 25.4 Å². The highest BCUT2D eigenvalue weighted by atomic mass is 16.5. The van der Waals surface area contributed by atoms with E-state index in [-0.39, 0.29) is 12.1 Å². The number of nitrogens with one attached hydrogen (secondary N) is 3. The minimum atomic E-state index is -0.236. The molecule has 0 spiro atoms. The zero-order valence-electron chi connectivity index (χ0n) is 10.9. The lowest BCUT2D eigenvalue weighted by atomic mass is 10.3. The van der Waals surface area contributed by atoms with Crippen LogP contribution in [0.15, 0.2) is 24.3 Å². The standard InChI is InChI=1S/C13H19N3O3/c1-18-12-4-2-3-10(7-12)16-13(17)15-8-11-9-19-6-5-14-11/h2-4,7,11,14H,5-6,8-9H2,1H3,(H2,15,16,17). The van der Waals surface area contributed by atoms with Crippen LogP contribution >= 0.6 is 0 Å². The summed E-state index contributed by atoms with van der Waals surface area (Å²) in [5.41, 5.74) is 0.699. The summed E-state index contributed by atoms with van der Waals surface area (Å²) in [6.45, 7) is 2.71. The number of benzene rings is 1. The summed E-state index contributed by atoms with van der Waals surface area (Å²) in [7, 11) is 1.59. The summed E-state index contributed by atoms with van der Waals surface area (Å²) in [5, 5.41) is 8.83. The van der Waals surface area contributed by atoms with Crippen LogP contribution in [0.3, 0.4) is 0 Å². The molecule has 0 aromatic heterocycles. The SMILES string of the molecule is COc1cccc(NC(=O)NCC2COCCN2)c1. The number of hydrogen-bond acceptors (Lipinski definition) is 4. The predicted molar refractivity (Wildman–Crippen MR) is 72.6 cm³/mol. The molecule has 6 nitrogen and oxygen atoms in total. The highest BCUT2D eigenvalue weighted by molar-refractivity contribution is 5.89. The Labute approximate surface area is 112 Å². The van der Waals surface area contributed by atoms with E-state index in [4.69, 9.17) is 9.47 Å². The molecule has 1 fully saturated rings. The third kappa shape index (κ3) is 4.42. The molecule has 3 N–H and O–H groups in total. The van der Waals surface area contributed by atoms with Crippen molar-refractivity contribution in [1.29, 1.82) is 0 Å². The zero-order valence-corrected chi connectivity index (χ0v) is 10.9. The van der Waals surface area contributed by atoms with Crippen molar-refractivity contribution in [2.24, 2.45) is 0 Å². The molecule has 6 heteroatoms. The Balaban J connectivity index is 1.76. The van der Waals surface area contributed by atoms with Crippen molar-refractivity contribution in [3.63, 3.8) is 0 Å². The number of hydrogen-bond donors (Lipinski definition) is 3. The van der Waals surface area contributed by atoms with Crippen LogP contribution < -0.4 is 20.7 Å². The van der Waals surface area contributed by atoms with E-state index in [1.54, 1.807) is 13.2 Å². The van der Waals surface area contributed by atoms with Gasteiger partial charge in [0.05, 0.1) is 20.3 Å². The molecular weight excluding hydrogens is 246 g/mol. The number of ether oxygens (including phenoxy) is 2. The average molecular weight is 265 g/mol. The van der Waals surface area contributed by atoms with Crippen LogP contribution in [-0.4, -0.2) is 45.5 Å². The highest BCUT2D eigenvalue weighted by Crippen LogP contribution is 2.16. The highest BCUT2D eigenvalue weighted by Gasteiger charge is 2.13. The van der Waals surface area contributed by atoms with Gasteiger partial charge >= 0.3 is 6.03 Å². The lowest BCUT2D eigenvalue weighted by molar-refractivity contribution is 0.0776. The van der Waals surface area contributed by atoms with Crippen LogP contribution in [0.4, 0.5) is 10.5 Å². The Morgan fingerprint density at radius 1 is 1.58 bits per heavy atom. The number of amides is 2. The fraction of sp³-hybridized carbons (Fsp3) is 0.462. The predicted octanol–water partition coefficient (Wildman–Crippen LogP) is 0.805. The number of methoxy groups -OCH3 is 1. The average Bonchev–Trinajstić information content (AvgIpc) is 2.46. The van der Waals surface area contributed by atoms with E-state index < -0.39 is 0 Å². The second-order valence-corrected chi connectivity index (χ2v) is 4.29. The largest absolute Gasteiger partial charge is 0.497 e. The number of anilines is 1. The second kappa shape index (κ2) is 6.96. The summed E-state index contributed by atoms with van der Waals surface area (Å²) in [4.78, 5) is 11.7. The normalized spacial score (nSPS) is 18.7. The summed E-state index contributed by atoms with van der Waals surface area (Å²) >= 11 is 0. The van der Waals surface area contributed by atoms with Crippen LogP contribution in [0.5, 0.6) is 5.75 Å². The van der Waals surface area contributed by atoms with Crippen molar-refractivity contribution in [1.82, 2.24) is 10.6 Å². The molecule has 2 rings (SSSR count). The Kier molecular flexibility index (Phi) is 5.00. The van der Waals surface area contributed by atoms with E-state index in [1.165, 1.54) is 0 Å². The molecular formula is C13H19N3O3. The monoisotopic (exact) mass is 265 g/mol. The molecule has 1 heterocycles. The Hall–Kier alpha value is -1.79. The van der Waals surface area contributed by atoms with E-state index >= 15 is 0 Å². The first kappa shape index (κ1) is 13.6. The van der Waals surface area contributed by atoms with E-state index in [1.807, 2.05) is 18.2 Å². The molecule has 0 bridgehead atoms. The number of carbonyl (C=O) groups excluding carboxylic acids is 1. The Bertz CT molecular complexity index is 419. The first-order valence-electron chi connectivity index (χ1n) is 6.28. The van der Waals surface area contributed by atoms with Crippen molar-refractivity contribution >= 4 is 11.7 Å². The van der Waals surface area contributed by atoms with E-state index in [0.717, 1.165) is 13.2 Å². The topological polar surface area (TPSA) is 71.6 Å². The van der Waals surface area contributed by atoms with E-state index in [9.17, 15) is 4.79 Å². The number of urea groups is 1. The van der Waals surface area contributed by atoms with Gasteiger partial charge in [-0.1, -0.05) is 6.07 Å². The van der Waals surface area contributed by atoms with Gasteiger partial charge in [0.2, 0.25) is 0 Å². The summed E-state index contributed by atoms with van der Waals surface area (Å²) < 4.78 is 10.4. The summed E-state index contributed by atoms with van der Waals surface area (Å²) in [5.74, 6) is 0.708. The molecule has 1 unspecified atom stereocenters. The quantitative estimate of drug-likeness (QED) is 0.753. The summed E-state index contributed by atoms with van der Waals surface area (Å²) in [6.07, 6.45) is 0. The molecule has 1 aromatic rings. The smallest absolute Gasteiger partial charge is 0.319 e. The third-order valence-electron chi connectivity index (χ3n) is 2.84. The molecule has 1 aliphatic heterocycles. The van der Waals surface area contributed by atoms with Crippen LogP contribution in [0, 0.1) is 0 Å². The van der Waals surface area contributed by atoms with Gasteiger partial charge in [0.1, 0.15) is 5.75 Å². The van der Waals surface area contributed by atoms with Crippen molar-refractivity contribution in [2.75, 3.05) is 38.7 Å². The van der Waals surface area contributed by atoms with Crippen molar-refractivity contribution in [3.05, 3.63) is 24.3 Å². The summed E-state index contributed by atoms with van der Waals surface area (Å²) in [6, 6.07) is 7.16. The van der Waals surface area contributed by atoms with Crippen LogP contribution in [-0.2, 0) is 4.74 Å². The molecule has 1 saturated heterocycles. The molecule has 1 atom stereocenters. The maximum atomic E-state index is 11.7. The molecule has 0 aliphatic carbocycles. The van der Waals surface area contributed by atoms with Gasteiger partial charge in [-0.25, -0.2) is 4.79 Å². The first-order valence-corrected chi connectivity index (χ1v) is 6.28. The Morgan fingerprint density at radius 3 is 3.21 bits per heavy atom. The minimum absolute atomic E-state index is 0.171. The van der Waals surface area contributed by atoms with Gasteiger partial charge in [0, 0.05) is 30.9 Å². The number of morpholine rings is 1. The molecule has 104 valence electrons. The van der Waals surface area contributed by atoms with Gasteiger partial charge in [-0.2, -0.15) is 0 Å². The van der Waals surface area contributed by atoms with Crippen molar-refractivity contribution in [3.8, 4) is 5.75 Å². The van der Waals surface area contributed by atoms with E-state index in [2.05, 4.69) is 16.0 Å². The lowest BCUT2D eigenvalue weighted by Crippen LogP contribution is -2.49. The fourth-order valence-corrected chi connectivity index (χ4v) is 1.84. The molecule has 0 saturated carbocycles. The zero-order chi connectivity index (χ0) is 13.5. The van der Waals surface area contributed by atoms with Crippen molar-refractivity contribution in [2.45, 2.75) is 6.04 Å². The molecule has 1 aromatic carbocycles. The van der Waals surface area contributed by atoms with Gasteiger partial charge in [-0.3, -0.25) is 0 Å². The first-order chi connectivity index (χ1) is 9.28. The molecule has 1 aliphatic rings. The van der Waals surface area contributed by atoms with Crippen LogP contribution in [0.25, 0.3) is 0 Å². The lowest BCUT2D eigenvalue weighted by Gasteiger charge is -2.23. The molecule has 2 amide bonds. The van der Waals surface area contributed by atoms with Gasteiger partial charge in [0.15, 0.2) is 0 Å². The maximum Gasteiger partial charge on any atom is 0.319 e. The van der Waals surface area contributed by atoms with E-state index in [0.29, 0.717) is 24.6 Å². The third-order valence-corrected chi connectivity index (χ3v) is 2.84. The maximum absolute atomic E-state index is 11.7. The fourth-order valence-electron chi connectivity index (χ4n) is 1.84. The van der Waals surface area contributed by atoms with Crippen LogP contribution in [0.1, 0.15) is 0 Å². The van der Waals surface area contributed by atoms with Gasteiger partial charge in [0.25, 0.3) is 0 Å².